The molecule has 3 aromatic heterocycles. The second kappa shape index (κ2) is 7.56. The summed E-state index contributed by atoms with van der Waals surface area (Å²) in [5.41, 5.74) is 5.95. The van der Waals surface area contributed by atoms with Crippen molar-refractivity contribution < 1.29 is 9.84 Å². The maximum Gasteiger partial charge on any atom is 0.255 e. The molecule has 29 heavy (non-hydrogen) atoms. The first-order valence-electron chi connectivity index (χ1n) is 9.48. The van der Waals surface area contributed by atoms with Gasteiger partial charge in [0.1, 0.15) is 6.61 Å². The van der Waals surface area contributed by atoms with E-state index < -0.39 is 0 Å². The standard InChI is InChI=1S/C23H23N3O3/c1-15-7-6-8-16(2)19(15)14-29-21-11-18(25-10-5-4-9-22(25)28)12-26-20(13-27)17(3)24-23(21)26/h4-12,27H,13-14H2,1-3H3. The van der Waals surface area contributed by atoms with Gasteiger partial charge in [0.25, 0.3) is 5.56 Å². The molecule has 0 radical (unpaired) electrons. The summed E-state index contributed by atoms with van der Waals surface area (Å²) in [4.78, 5) is 16.9. The Morgan fingerprint density at radius 1 is 1.07 bits per heavy atom. The summed E-state index contributed by atoms with van der Waals surface area (Å²) in [6, 6.07) is 13.0. The highest BCUT2D eigenvalue weighted by molar-refractivity contribution is 5.60. The average Bonchev–Trinajstić information content (AvgIpc) is 3.03. The number of aliphatic hydroxyl groups is 1. The zero-order chi connectivity index (χ0) is 20.5. The number of benzene rings is 1. The molecule has 0 saturated carbocycles. The van der Waals surface area contributed by atoms with Crippen molar-refractivity contribution in [2.45, 2.75) is 34.0 Å². The third-order valence-electron chi connectivity index (χ3n) is 5.24. The van der Waals surface area contributed by atoms with Crippen molar-refractivity contribution in [3.05, 3.63) is 93.3 Å². The van der Waals surface area contributed by atoms with Crippen LogP contribution >= 0.6 is 0 Å². The quantitative estimate of drug-likeness (QED) is 0.567. The lowest BCUT2D eigenvalue weighted by molar-refractivity contribution is 0.274. The molecule has 0 aliphatic heterocycles. The van der Waals surface area contributed by atoms with Crippen molar-refractivity contribution in [2.24, 2.45) is 0 Å². The van der Waals surface area contributed by atoms with Crippen molar-refractivity contribution in [2.75, 3.05) is 0 Å². The van der Waals surface area contributed by atoms with Gasteiger partial charge in [-0.05, 0) is 43.5 Å². The van der Waals surface area contributed by atoms with Gasteiger partial charge in [-0.2, -0.15) is 0 Å². The SMILES string of the molecule is Cc1cccc(C)c1COc1cc(-n2ccccc2=O)cn2c(CO)c(C)nc12. The molecule has 0 aliphatic rings. The van der Waals surface area contributed by atoms with E-state index >= 15 is 0 Å². The fourth-order valence-corrected chi connectivity index (χ4v) is 3.56. The zero-order valence-electron chi connectivity index (χ0n) is 16.7. The predicted molar refractivity (Wildman–Crippen MR) is 112 cm³/mol. The Hall–Kier alpha value is -3.38. The number of aryl methyl sites for hydroxylation is 3. The van der Waals surface area contributed by atoms with Gasteiger partial charge in [0, 0.05) is 24.5 Å². The van der Waals surface area contributed by atoms with Gasteiger partial charge in [0.2, 0.25) is 0 Å². The molecular weight excluding hydrogens is 366 g/mol. The normalized spacial score (nSPS) is 11.2. The van der Waals surface area contributed by atoms with Crippen LogP contribution in [0.15, 0.2) is 59.7 Å². The van der Waals surface area contributed by atoms with E-state index in [0.717, 1.165) is 22.4 Å². The van der Waals surface area contributed by atoms with E-state index in [0.29, 0.717) is 29.4 Å². The van der Waals surface area contributed by atoms with E-state index in [-0.39, 0.29) is 12.2 Å². The maximum absolute atomic E-state index is 12.3. The van der Waals surface area contributed by atoms with Crippen molar-refractivity contribution in [3.63, 3.8) is 0 Å². The largest absolute Gasteiger partial charge is 0.485 e. The second-order valence-electron chi connectivity index (χ2n) is 7.13. The number of fused-ring (bicyclic) bond motifs is 1. The molecule has 0 unspecified atom stereocenters. The van der Waals surface area contributed by atoms with E-state index in [1.165, 1.54) is 6.07 Å². The van der Waals surface area contributed by atoms with Crippen LogP contribution in [-0.2, 0) is 13.2 Å². The third-order valence-corrected chi connectivity index (χ3v) is 5.24. The number of hydrogen-bond acceptors (Lipinski definition) is 4. The summed E-state index contributed by atoms with van der Waals surface area (Å²) in [6.07, 6.45) is 3.51. The summed E-state index contributed by atoms with van der Waals surface area (Å²) in [5, 5.41) is 9.82. The Bertz CT molecular complexity index is 1230. The van der Waals surface area contributed by atoms with Gasteiger partial charge in [-0.1, -0.05) is 24.3 Å². The maximum atomic E-state index is 12.3. The molecule has 1 aromatic carbocycles. The fraction of sp³-hybridized carbons (Fsp3) is 0.217. The van der Waals surface area contributed by atoms with Crippen LogP contribution in [0.1, 0.15) is 28.1 Å². The number of hydrogen-bond donors (Lipinski definition) is 1. The van der Waals surface area contributed by atoms with Crippen LogP contribution in [0.5, 0.6) is 5.75 Å². The van der Waals surface area contributed by atoms with E-state index in [1.54, 1.807) is 33.5 Å². The number of aromatic nitrogens is 3. The highest BCUT2D eigenvalue weighted by Crippen LogP contribution is 2.27. The van der Waals surface area contributed by atoms with Gasteiger partial charge < -0.3 is 9.84 Å². The summed E-state index contributed by atoms with van der Waals surface area (Å²) in [7, 11) is 0. The van der Waals surface area contributed by atoms with Crippen LogP contribution in [0, 0.1) is 20.8 Å². The molecule has 0 atom stereocenters. The summed E-state index contributed by atoms with van der Waals surface area (Å²) in [5.74, 6) is 0.559. The van der Waals surface area contributed by atoms with Crippen LogP contribution in [0.25, 0.3) is 11.3 Å². The molecular formula is C23H23N3O3. The number of pyridine rings is 2. The molecule has 6 heteroatoms. The molecule has 0 aliphatic carbocycles. The summed E-state index contributed by atoms with van der Waals surface area (Å²) >= 11 is 0. The van der Waals surface area contributed by atoms with Crippen LogP contribution < -0.4 is 10.3 Å². The van der Waals surface area contributed by atoms with Gasteiger partial charge in [0.15, 0.2) is 11.4 Å². The molecule has 4 rings (SSSR count). The first-order valence-corrected chi connectivity index (χ1v) is 9.48. The lowest BCUT2D eigenvalue weighted by Gasteiger charge is -2.14. The molecule has 0 amide bonds. The smallest absolute Gasteiger partial charge is 0.255 e. The number of imidazole rings is 1. The minimum absolute atomic E-state index is 0.144. The lowest BCUT2D eigenvalue weighted by Crippen LogP contribution is -2.16. The molecule has 4 aromatic rings. The first kappa shape index (κ1) is 19.0. The van der Waals surface area contributed by atoms with Crippen molar-refractivity contribution in [1.29, 1.82) is 0 Å². The molecule has 3 heterocycles. The Kier molecular flexibility index (Phi) is 4.94. The molecule has 0 spiro atoms. The van der Waals surface area contributed by atoms with E-state index in [2.05, 4.69) is 31.0 Å². The summed E-state index contributed by atoms with van der Waals surface area (Å²) < 4.78 is 9.54. The third kappa shape index (κ3) is 3.43. The van der Waals surface area contributed by atoms with Crippen LogP contribution in [-0.4, -0.2) is 19.1 Å². The average molecular weight is 389 g/mol. The zero-order valence-corrected chi connectivity index (χ0v) is 16.7. The Labute approximate surface area is 168 Å². The molecule has 148 valence electrons. The minimum Gasteiger partial charge on any atom is -0.485 e. The van der Waals surface area contributed by atoms with Gasteiger partial charge in [0.05, 0.1) is 23.7 Å². The fourth-order valence-electron chi connectivity index (χ4n) is 3.56. The van der Waals surface area contributed by atoms with E-state index in [9.17, 15) is 9.90 Å². The number of rotatable bonds is 5. The van der Waals surface area contributed by atoms with Crippen LogP contribution in [0.2, 0.25) is 0 Å². The highest BCUT2D eigenvalue weighted by Gasteiger charge is 2.16. The molecule has 6 nitrogen and oxygen atoms in total. The number of aliphatic hydroxyl groups excluding tert-OH is 1. The summed E-state index contributed by atoms with van der Waals surface area (Å²) in [6.45, 7) is 6.20. The molecule has 0 fully saturated rings. The van der Waals surface area contributed by atoms with Gasteiger partial charge in [-0.15, -0.1) is 0 Å². The van der Waals surface area contributed by atoms with Crippen LogP contribution in [0.3, 0.4) is 0 Å². The lowest BCUT2D eigenvalue weighted by atomic mass is 10.0. The second-order valence-corrected chi connectivity index (χ2v) is 7.13. The topological polar surface area (TPSA) is 68.8 Å². The molecule has 1 N–H and O–H groups in total. The number of ether oxygens (including phenoxy) is 1. The van der Waals surface area contributed by atoms with Crippen molar-refractivity contribution in [1.82, 2.24) is 14.0 Å². The monoisotopic (exact) mass is 389 g/mol. The highest BCUT2D eigenvalue weighted by atomic mass is 16.5. The molecule has 0 saturated heterocycles. The van der Waals surface area contributed by atoms with Gasteiger partial charge in [-0.3, -0.25) is 13.8 Å². The predicted octanol–water partition coefficient (Wildman–Crippen LogP) is 3.48. The minimum atomic E-state index is -0.156. The van der Waals surface area contributed by atoms with E-state index in [4.69, 9.17) is 4.74 Å². The number of nitrogens with zero attached hydrogens (tertiary/aromatic N) is 3. The van der Waals surface area contributed by atoms with Crippen LogP contribution in [0.4, 0.5) is 0 Å². The Morgan fingerprint density at radius 3 is 2.52 bits per heavy atom. The van der Waals surface area contributed by atoms with E-state index in [1.807, 2.05) is 19.1 Å². The van der Waals surface area contributed by atoms with Crippen molar-refractivity contribution >= 4 is 5.65 Å². The van der Waals surface area contributed by atoms with Gasteiger partial charge in [-0.25, -0.2) is 4.98 Å². The first-order chi connectivity index (χ1) is 14.0. The Morgan fingerprint density at radius 2 is 1.83 bits per heavy atom. The molecule has 0 bridgehead atoms. The van der Waals surface area contributed by atoms with Gasteiger partial charge >= 0.3 is 0 Å². The van der Waals surface area contributed by atoms with Crippen molar-refractivity contribution in [3.8, 4) is 11.4 Å². The Balaban J connectivity index is 1.86.